The van der Waals surface area contributed by atoms with Crippen molar-refractivity contribution in [1.82, 2.24) is 9.55 Å². The number of hydrogen-bond acceptors (Lipinski definition) is 6. The average molecular weight is 371 g/mol. The molecule has 0 saturated heterocycles. The summed E-state index contributed by atoms with van der Waals surface area (Å²) in [5.74, 6) is -0.926. The zero-order valence-electron chi connectivity index (χ0n) is 14.7. The summed E-state index contributed by atoms with van der Waals surface area (Å²) < 4.78 is 6.18. The fourth-order valence-electron chi connectivity index (χ4n) is 2.75. The number of rotatable bonds is 3. The summed E-state index contributed by atoms with van der Waals surface area (Å²) in [4.78, 5) is 42.2. The fourth-order valence-corrected chi connectivity index (χ4v) is 3.78. The Balaban J connectivity index is 2.05. The topological polar surface area (TPSA) is 90.3 Å². The number of fused-ring (bicyclic) bond motifs is 1. The summed E-state index contributed by atoms with van der Waals surface area (Å²) in [6.45, 7) is 3.48. The molecule has 134 valence electrons. The smallest absolute Gasteiger partial charge is 0.340 e. The van der Waals surface area contributed by atoms with E-state index in [2.05, 4.69) is 10.3 Å². The zero-order valence-corrected chi connectivity index (χ0v) is 15.6. The number of thiophene rings is 1. The third-order valence-corrected chi connectivity index (χ3v) is 5.33. The van der Waals surface area contributed by atoms with Gasteiger partial charge >= 0.3 is 5.97 Å². The number of hydrogen-bond donors (Lipinski definition) is 1. The van der Waals surface area contributed by atoms with E-state index in [0.717, 1.165) is 11.3 Å². The van der Waals surface area contributed by atoms with Crippen LogP contribution < -0.4 is 10.9 Å². The van der Waals surface area contributed by atoms with Crippen LogP contribution in [-0.4, -0.2) is 28.5 Å². The third-order valence-electron chi connectivity index (χ3n) is 4.13. The second-order valence-corrected chi connectivity index (χ2v) is 6.84. The van der Waals surface area contributed by atoms with Crippen LogP contribution in [-0.2, 0) is 11.8 Å². The normalized spacial score (nSPS) is 10.8. The van der Waals surface area contributed by atoms with E-state index in [-0.39, 0.29) is 5.56 Å². The van der Waals surface area contributed by atoms with Gasteiger partial charge in [-0.3, -0.25) is 9.59 Å². The van der Waals surface area contributed by atoms with Gasteiger partial charge in [0.15, 0.2) is 0 Å². The summed E-state index contributed by atoms with van der Waals surface area (Å²) in [5, 5.41) is 3.19. The number of nitrogens with zero attached hydrogens (tertiary/aromatic N) is 2. The van der Waals surface area contributed by atoms with Crippen LogP contribution in [0.3, 0.4) is 0 Å². The quantitative estimate of drug-likeness (QED) is 0.715. The Morgan fingerprint density at radius 1 is 1.27 bits per heavy atom. The van der Waals surface area contributed by atoms with E-state index in [1.165, 1.54) is 18.0 Å². The lowest BCUT2D eigenvalue weighted by Crippen LogP contribution is -2.18. The highest BCUT2D eigenvalue weighted by molar-refractivity contribution is 7.20. The fraction of sp³-hybridized carbons (Fsp3) is 0.222. The van der Waals surface area contributed by atoms with Crippen molar-refractivity contribution in [1.29, 1.82) is 0 Å². The molecule has 26 heavy (non-hydrogen) atoms. The molecule has 0 fully saturated rings. The van der Waals surface area contributed by atoms with Crippen LogP contribution in [0.25, 0.3) is 10.2 Å². The monoisotopic (exact) mass is 371 g/mol. The number of aryl methyl sites for hydroxylation is 3. The van der Waals surface area contributed by atoms with Gasteiger partial charge in [-0.05, 0) is 31.0 Å². The van der Waals surface area contributed by atoms with Gasteiger partial charge in [-0.15, -0.1) is 11.3 Å². The summed E-state index contributed by atoms with van der Waals surface area (Å²) in [5.41, 5.74) is 1.73. The van der Waals surface area contributed by atoms with Crippen LogP contribution >= 0.6 is 11.3 Å². The van der Waals surface area contributed by atoms with Gasteiger partial charge in [0.05, 0.1) is 35.0 Å². The summed E-state index contributed by atoms with van der Waals surface area (Å²) in [6, 6.07) is 5.14. The van der Waals surface area contributed by atoms with Crippen LogP contribution in [0.4, 0.5) is 5.69 Å². The molecule has 3 rings (SSSR count). The molecule has 0 aliphatic heterocycles. The van der Waals surface area contributed by atoms with Crippen molar-refractivity contribution in [2.24, 2.45) is 7.05 Å². The minimum absolute atomic E-state index is 0.200. The van der Waals surface area contributed by atoms with Gasteiger partial charge in [-0.1, -0.05) is 12.1 Å². The first-order chi connectivity index (χ1) is 12.3. The van der Waals surface area contributed by atoms with E-state index in [1.807, 2.05) is 0 Å². The number of carbonyl (C=O) groups is 2. The molecule has 7 nitrogen and oxygen atoms in total. The highest BCUT2D eigenvalue weighted by Gasteiger charge is 2.22. The standard InChI is InChI=1S/C18H17N3O4S/c1-9-6-5-7-11(12(9)18(24)25-4)20-15(22)14-10(2)13-16(26-14)19-8-21(3)17(13)23/h5-8H,1-4H3,(H,20,22). The Bertz CT molecular complexity index is 1100. The maximum Gasteiger partial charge on any atom is 0.340 e. The minimum Gasteiger partial charge on any atom is -0.465 e. The number of methoxy groups -OCH3 is 1. The van der Waals surface area contributed by atoms with E-state index >= 15 is 0 Å². The molecule has 0 saturated carbocycles. The summed E-state index contributed by atoms with van der Waals surface area (Å²) >= 11 is 1.15. The second kappa shape index (κ2) is 6.72. The van der Waals surface area contributed by atoms with Gasteiger partial charge in [-0.2, -0.15) is 0 Å². The predicted molar refractivity (Wildman–Crippen MR) is 100 cm³/mol. The maximum atomic E-state index is 12.8. The Morgan fingerprint density at radius 2 is 2.00 bits per heavy atom. The van der Waals surface area contributed by atoms with Gasteiger partial charge in [0, 0.05) is 7.05 Å². The molecule has 0 aliphatic carbocycles. The van der Waals surface area contributed by atoms with Gasteiger partial charge in [0.2, 0.25) is 0 Å². The molecule has 8 heteroatoms. The van der Waals surface area contributed by atoms with Crippen LogP contribution in [0.15, 0.2) is 29.3 Å². The van der Waals surface area contributed by atoms with Crippen molar-refractivity contribution in [3.63, 3.8) is 0 Å². The number of esters is 1. The molecule has 0 unspecified atom stereocenters. The van der Waals surface area contributed by atoms with Crippen LogP contribution in [0.1, 0.15) is 31.2 Å². The first kappa shape index (κ1) is 17.8. The molecule has 1 amide bonds. The lowest BCUT2D eigenvalue weighted by Gasteiger charge is -2.11. The molecule has 1 aromatic carbocycles. The molecule has 0 spiro atoms. The Kier molecular flexibility index (Phi) is 4.60. The largest absolute Gasteiger partial charge is 0.465 e. The van der Waals surface area contributed by atoms with Crippen molar-refractivity contribution in [2.45, 2.75) is 13.8 Å². The number of anilines is 1. The molecule has 2 heterocycles. The second-order valence-electron chi connectivity index (χ2n) is 5.84. The summed E-state index contributed by atoms with van der Waals surface area (Å²) in [6.07, 6.45) is 1.43. The molecule has 3 aromatic rings. The number of carbonyl (C=O) groups excluding carboxylic acids is 2. The molecule has 2 aromatic heterocycles. The highest BCUT2D eigenvalue weighted by atomic mass is 32.1. The number of amides is 1. The molecular weight excluding hydrogens is 354 g/mol. The molecule has 0 aliphatic rings. The number of benzene rings is 1. The van der Waals surface area contributed by atoms with Gasteiger partial charge in [0.25, 0.3) is 11.5 Å². The lowest BCUT2D eigenvalue weighted by molar-refractivity contribution is 0.0601. The minimum atomic E-state index is -0.526. The van der Waals surface area contributed by atoms with E-state index in [9.17, 15) is 14.4 Å². The van der Waals surface area contributed by atoms with Crippen LogP contribution in [0.2, 0.25) is 0 Å². The number of nitrogens with one attached hydrogen (secondary N) is 1. The molecule has 0 atom stereocenters. The SMILES string of the molecule is COC(=O)c1c(C)cccc1NC(=O)c1sc2ncn(C)c(=O)c2c1C. The number of ether oxygens (including phenoxy) is 1. The molecule has 0 bridgehead atoms. The van der Waals surface area contributed by atoms with Crippen molar-refractivity contribution in [3.8, 4) is 0 Å². The van der Waals surface area contributed by atoms with Crippen molar-refractivity contribution < 1.29 is 14.3 Å². The highest BCUT2D eigenvalue weighted by Crippen LogP contribution is 2.28. The van der Waals surface area contributed by atoms with Crippen molar-refractivity contribution in [2.75, 3.05) is 12.4 Å². The van der Waals surface area contributed by atoms with Crippen molar-refractivity contribution >= 4 is 39.1 Å². The number of aromatic nitrogens is 2. The lowest BCUT2D eigenvalue weighted by atomic mass is 10.1. The predicted octanol–water partition coefficient (Wildman–Crippen LogP) is 2.65. The average Bonchev–Trinajstić information content (AvgIpc) is 2.95. The first-order valence-electron chi connectivity index (χ1n) is 7.79. The van der Waals surface area contributed by atoms with Crippen LogP contribution in [0.5, 0.6) is 0 Å². The molecular formula is C18H17N3O4S. The van der Waals surface area contributed by atoms with E-state index < -0.39 is 11.9 Å². The van der Waals surface area contributed by atoms with E-state index in [1.54, 1.807) is 39.1 Å². The Labute approximate surface area is 153 Å². The first-order valence-corrected chi connectivity index (χ1v) is 8.60. The summed E-state index contributed by atoms with van der Waals surface area (Å²) in [7, 11) is 2.90. The van der Waals surface area contributed by atoms with E-state index in [0.29, 0.717) is 37.5 Å². The van der Waals surface area contributed by atoms with E-state index in [4.69, 9.17) is 4.74 Å². The van der Waals surface area contributed by atoms with Crippen molar-refractivity contribution in [3.05, 3.63) is 56.4 Å². The molecule has 0 radical (unpaired) electrons. The molecule has 1 N–H and O–H groups in total. The van der Waals surface area contributed by atoms with Gasteiger partial charge in [0.1, 0.15) is 4.83 Å². The zero-order chi connectivity index (χ0) is 19.0. The van der Waals surface area contributed by atoms with Crippen LogP contribution in [0, 0.1) is 13.8 Å². The van der Waals surface area contributed by atoms with Gasteiger partial charge < -0.3 is 14.6 Å². The van der Waals surface area contributed by atoms with Gasteiger partial charge in [-0.25, -0.2) is 9.78 Å². The Morgan fingerprint density at radius 3 is 2.69 bits per heavy atom. The Hall–Kier alpha value is -3.00. The maximum absolute atomic E-state index is 12.8. The third kappa shape index (κ3) is 2.88.